The van der Waals surface area contributed by atoms with Crippen LogP contribution in [0.25, 0.3) is 0 Å². The van der Waals surface area contributed by atoms with Crippen molar-refractivity contribution in [2.24, 2.45) is 5.73 Å². The third-order valence-corrected chi connectivity index (χ3v) is 2.33. The molecule has 4 nitrogen and oxygen atoms in total. The molecule has 1 aliphatic heterocycles. The molecule has 16 heavy (non-hydrogen) atoms. The van der Waals surface area contributed by atoms with Crippen molar-refractivity contribution in [1.82, 2.24) is 4.90 Å². The van der Waals surface area contributed by atoms with E-state index in [1.165, 1.54) is 4.90 Å². The molecule has 0 aliphatic carbocycles. The second kappa shape index (κ2) is 4.16. The summed E-state index contributed by atoms with van der Waals surface area (Å²) in [6, 6.07) is -1.31. The summed E-state index contributed by atoms with van der Waals surface area (Å²) in [5.41, 5.74) is 4.68. The molecule has 0 aromatic rings. The molecule has 0 unspecified atom stereocenters. The van der Waals surface area contributed by atoms with Gasteiger partial charge in [-0.1, -0.05) is 0 Å². The molecule has 6 heteroatoms. The molecular weight excluding hydrogens is 218 g/mol. The van der Waals surface area contributed by atoms with Crippen LogP contribution in [-0.4, -0.2) is 41.6 Å². The number of amides is 1. The summed E-state index contributed by atoms with van der Waals surface area (Å²) in [4.78, 5) is 12.8. The van der Waals surface area contributed by atoms with Crippen molar-refractivity contribution in [3.8, 4) is 0 Å². The van der Waals surface area contributed by atoms with Crippen LogP contribution < -0.4 is 5.73 Å². The van der Waals surface area contributed by atoms with E-state index in [0.717, 1.165) is 0 Å². The highest BCUT2D eigenvalue weighted by Crippen LogP contribution is 2.27. The van der Waals surface area contributed by atoms with Crippen LogP contribution in [0.5, 0.6) is 0 Å². The largest absolute Gasteiger partial charge is 0.444 e. The molecule has 1 fully saturated rings. The first-order valence-electron chi connectivity index (χ1n) is 5.23. The fourth-order valence-corrected chi connectivity index (χ4v) is 1.42. The maximum atomic E-state index is 13.1. The second-order valence-corrected chi connectivity index (χ2v) is 5.04. The number of nitrogens with two attached hydrogens (primary N) is 1. The van der Waals surface area contributed by atoms with Gasteiger partial charge in [0.25, 0.3) is 5.92 Å². The number of piperidine rings is 1. The Morgan fingerprint density at radius 1 is 1.50 bits per heavy atom. The zero-order chi connectivity index (χ0) is 12.6. The van der Waals surface area contributed by atoms with E-state index in [4.69, 9.17) is 10.5 Å². The highest BCUT2D eigenvalue weighted by Gasteiger charge is 2.43. The number of hydrogen-bond acceptors (Lipinski definition) is 3. The number of nitrogens with zero attached hydrogens (tertiary/aromatic N) is 1. The highest BCUT2D eigenvalue weighted by atomic mass is 19.3. The van der Waals surface area contributed by atoms with E-state index in [-0.39, 0.29) is 13.1 Å². The van der Waals surface area contributed by atoms with E-state index in [0.29, 0.717) is 0 Å². The van der Waals surface area contributed by atoms with Crippen LogP contribution in [0.3, 0.4) is 0 Å². The Hall–Kier alpha value is -0.910. The molecule has 0 bridgehead atoms. The summed E-state index contributed by atoms with van der Waals surface area (Å²) in [5, 5.41) is 0. The Labute approximate surface area is 93.7 Å². The van der Waals surface area contributed by atoms with E-state index >= 15 is 0 Å². The zero-order valence-corrected chi connectivity index (χ0v) is 9.80. The minimum Gasteiger partial charge on any atom is -0.444 e. The molecule has 94 valence electrons. The summed E-state index contributed by atoms with van der Waals surface area (Å²) in [6.07, 6.45) is -0.994. The molecule has 1 heterocycles. The van der Waals surface area contributed by atoms with Gasteiger partial charge in [0.2, 0.25) is 0 Å². The minimum absolute atomic E-state index is 0.0182. The first kappa shape index (κ1) is 13.2. The molecule has 0 aromatic carbocycles. The third-order valence-electron chi connectivity index (χ3n) is 2.33. The first-order valence-corrected chi connectivity index (χ1v) is 5.23. The second-order valence-electron chi connectivity index (χ2n) is 5.04. The van der Waals surface area contributed by atoms with Crippen LogP contribution >= 0.6 is 0 Å². The SMILES string of the molecule is CC(C)(C)OC(=O)N1CCC(F)(F)[C@@H](N)C1. The van der Waals surface area contributed by atoms with Crippen LogP contribution in [0.1, 0.15) is 27.2 Å². The summed E-state index contributed by atoms with van der Waals surface area (Å²) in [5.74, 6) is -2.89. The van der Waals surface area contributed by atoms with Crippen LogP contribution in [0.2, 0.25) is 0 Å². The van der Waals surface area contributed by atoms with E-state index in [2.05, 4.69) is 0 Å². The molecule has 1 amide bonds. The number of hydrogen-bond donors (Lipinski definition) is 1. The number of ether oxygens (including phenoxy) is 1. The van der Waals surface area contributed by atoms with Crippen molar-refractivity contribution in [3.63, 3.8) is 0 Å². The van der Waals surface area contributed by atoms with Gasteiger partial charge in [-0.3, -0.25) is 0 Å². The van der Waals surface area contributed by atoms with Crippen molar-refractivity contribution in [2.45, 2.75) is 44.8 Å². The Kier molecular flexibility index (Phi) is 3.42. The molecule has 0 radical (unpaired) electrons. The van der Waals surface area contributed by atoms with Gasteiger partial charge in [-0.15, -0.1) is 0 Å². The monoisotopic (exact) mass is 236 g/mol. The summed E-state index contributed by atoms with van der Waals surface area (Å²) < 4.78 is 31.2. The third kappa shape index (κ3) is 3.30. The summed E-state index contributed by atoms with van der Waals surface area (Å²) in [6.45, 7) is 4.99. The van der Waals surface area contributed by atoms with Gasteiger partial charge in [0, 0.05) is 19.5 Å². The molecular formula is C10H18F2N2O2. The number of alkyl halides is 2. The van der Waals surface area contributed by atoms with E-state index in [9.17, 15) is 13.6 Å². The van der Waals surface area contributed by atoms with E-state index < -0.39 is 30.1 Å². The fraction of sp³-hybridized carbons (Fsp3) is 0.900. The van der Waals surface area contributed by atoms with E-state index in [1.54, 1.807) is 20.8 Å². The molecule has 1 saturated heterocycles. The first-order chi connectivity index (χ1) is 7.12. The quantitative estimate of drug-likeness (QED) is 0.695. The standard InChI is InChI=1S/C10H18F2N2O2/c1-9(2,3)16-8(15)14-5-4-10(11,12)7(13)6-14/h7H,4-6,13H2,1-3H3/t7-/m0/s1. The van der Waals surface area contributed by atoms with Gasteiger partial charge in [0.05, 0.1) is 6.04 Å². The van der Waals surface area contributed by atoms with E-state index in [1.807, 2.05) is 0 Å². The minimum atomic E-state index is -2.89. The zero-order valence-electron chi connectivity index (χ0n) is 9.80. The average Bonchev–Trinajstić information content (AvgIpc) is 2.06. The van der Waals surface area contributed by atoms with Crippen LogP contribution in [-0.2, 0) is 4.74 Å². The highest BCUT2D eigenvalue weighted by molar-refractivity contribution is 5.68. The molecule has 1 aliphatic rings. The Morgan fingerprint density at radius 3 is 2.50 bits per heavy atom. The Balaban J connectivity index is 2.55. The predicted molar refractivity (Wildman–Crippen MR) is 55.3 cm³/mol. The van der Waals surface area contributed by atoms with Crippen LogP contribution in [0, 0.1) is 0 Å². The lowest BCUT2D eigenvalue weighted by atomic mass is 10.0. The number of carbonyl (C=O) groups excluding carboxylic acids is 1. The number of carbonyl (C=O) groups is 1. The van der Waals surface area contributed by atoms with Gasteiger partial charge in [0.1, 0.15) is 5.60 Å². The van der Waals surface area contributed by atoms with Crippen LogP contribution in [0.15, 0.2) is 0 Å². The van der Waals surface area contributed by atoms with Crippen LogP contribution in [0.4, 0.5) is 13.6 Å². The van der Waals surface area contributed by atoms with Crippen molar-refractivity contribution in [2.75, 3.05) is 13.1 Å². The van der Waals surface area contributed by atoms with Gasteiger partial charge in [0.15, 0.2) is 0 Å². The van der Waals surface area contributed by atoms with Gasteiger partial charge in [-0.05, 0) is 20.8 Å². The predicted octanol–water partition coefficient (Wildman–Crippen LogP) is 1.59. The molecule has 1 atom stereocenters. The number of halogens is 2. The molecule has 1 rings (SSSR count). The fourth-order valence-electron chi connectivity index (χ4n) is 1.42. The van der Waals surface area contributed by atoms with Gasteiger partial charge in [-0.25, -0.2) is 13.6 Å². The smallest absolute Gasteiger partial charge is 0.410 e. The van der Waals surface area contributed by atoms with Gasteiger partial charge < -0.3 is 15.4 Å². The lowest BCUT2D eigenvalue weighted by molar-refractivity contribution is -0.0741. The lowest BCUT2D eigenvalue weighted by Gasteiger charge is -2.36. The van der Waals surface area contributed by atoms with Crippen molar-refractivity contribution >= 4 is 6.09 Å². The topological polar surface area (TPSA) is 55.6 Å². The Morgan fingerprint density at radius 2 is 2.06 bits per heavy atom. The normalized spacial score (nSPS) is 25.4. The number of likely N-dealkylation sites (tertiary alicyclic amines) is 1. The molecule has 0 aromatic heterocycles. The van der Waals surface area contributed by atoms with Crippen molar-refractivity contribution in [1.29, 1.82) is 0 Å². The Bertz CT molecular complexity index is 276. The molecule has 0 spiro atoms. The van der Waals surface area contributed by atoms with Crippen molar-refractivity contribution in [3.05, 3.63) is 0 Å². The summed E-state index contributed by atoms with van der Waals surface area (Å²) in [7, 11) is 0. The molecule has 0 saturated carbocycles. The van der Waals surface area contributed by atoms with Gasteiger partial charge >= 0.3 is 6.09 Å². The average molecular weight is 236 g/mol. The van der Waals surface area contributed by atoms with Gasteiger partial charge in [-0.2, -0.15) is 0 Å². The number of rotatable bonds is 0. The summed E-state index contributed by atoms with van der Waals surface area (Å²) >= 11 is 0. The lowest BCUT2D eigenvalue weighted by Crippen LogP contribution is -2.57. The van der Waals surface area contributed by atoms with Crippen molar-refractivity contribution < 1.29 is 18.3 Å². The maximum Gasteiger partial charge on any atom is 0.410 e. The molecule has 2 N–H and O–H groups in total. The maximum absolute atomic E-state index is 13.1.